The Balaban J connectivity index is 2.16. The van der Waals surface area contributed by atoms with Gasteiger partial charge in [-0.25, -0.2) is 0 Å². The molecule has 1 saturated carbocycles. The van der Waals surface area contributed by atoms with Gasteiger partial charge in [-0.05, 0) is 51.0 Å². The molecule has 2 fully saturated rings. The number of nitrogens with zero attached hydrogens (tertiary/aromatic N) is 1. The number of carbonyl (C=O) groups excluding carboxylic acids is 2. The summed E-state index contributed by atoms with van der Waals surface area (Å²) in [4.78, 5) is 26.4. The minimum absolute atomic E-state index is 0.0289. The summed E-state index contributed by atoms with van der Waals surface area (Å²) < 4.78 is 0. The average molecular weight is 270 g/mol. The van der Waals surface area contributed by atoms with Gasteiger partial charge in [0.05, 0.1) is 0 Å². The minimum Gasteiger partial charge on any atom is -0.343 e. The van der Waals surface area contributed by atoms with Crippen molar-refractivity contribution in [1.29, 1.82) is 0 Å². The molecule has 0 aromatic heterocycles. The van der Waals surface area contributed by atoms with Crippen LogP contribution in [-0.2, 0) is 9.59 Å². The first-order chi connectivity index (χ1) is 8.51. The van der Waals surface area contributed by atoms with E-state index in [0.717, 1.165) is 25.0 Å². The Bertz CT molecular complexity index is 357. The van der Waals surface area contributed by atoms with Crippen LogP contribution in [0.4, 0.5) is 0 Å². The highest BCUT2D eigenvalue weighted by Gasteiger charge is 2.56. The third-order valence-corrected chi connectivity index (χ3v) is 4.80. The van der Waals surface area contributed by atoms with Crippen LogP contribution in [0.5, 0.6) is 0 Å². The largest absolute Gasteiger partial charge is 0.343 e. The molecule has 1 aliphatic heterocycles. The molecule has 2 rings (SSSR count). The van der Waals surface area contributed by atoms with E-state index in [2.05, 4.69) is 11.6 Å². The molecule has 0 spiro atoms. The highest BCUT2D eigenvalue weighted by molar-refractivity contribution is 7.98. The maximum Gasteiger partial charge on any atom is 0.246 e. The van der Waals surface area contributed by atoms with Gasteiger partial charge < -0.3 is 10.2 Å². The smallest absolute Gasteiger partial charge is 0.246 e. The fourth-order valence-electron chi connectivity index (χ4n) is 2.75. The van der Waals surface area contributed by atoms with Crippen molar-refractivity contribution in [3.63, 3.8) is 0 Å². The number of amides is 2. The van der Waals surface area contributed by atoms with Crippen LogP contribution in [0.1, 0.15) is 33.1 Å². The number of carbonyl (C=O) groups is 2. The molecule has 5 heteroatoms. The monoisotopic (exact) mass is 270 g/mol. The number of piperazine rings is 1. The molecule has 0 bridgehead atoms. The van der Waals surface area contributed by atoms with E-state index < -0.39 is 5.54 Å². The molecule has 2 atom stereocenters. The van der Waals surface area contributed by atoms with E-state index in [4.69, 9.17) is 0 Å². The van der Waals surface area contributed by atoms with Crippen LogP contribution in [0.25, 0.3) is 0 Å². The molecule has 0 aromatic rings. The van der Waals surface area contributed by atoms with Crippen LogP contribution in [0.2, 0.25) is 0 Å². The third kappa shape index (κ3) is 2.25. The number of thioether (sulfide) groups is 1. The van der Waals surface area contributed by atoms with Crippen LogP contribution < -0.4 is 5.32 Å². The van der Waals surface area contributed by atoms with Crippen LogP contribution in [0, 0.1) is 5.92 Å². The molecular formula is C13H22N2O2S. The van der Waals surface area contributed by atoms with Gasteiger partial charge in [-0.2, -0.15) is 11.8 Å². The van der Waals surface area contributed by atoms with Gasteiger partial charge in [0, 0.05) is 6.54 Å². The molecule has 0 aromatic carbocycles. The Morgan fingerprint density at radius 3 is 2.67 bits per heavy atom. The van der Waals surface area contributed by atoms with Crippen molar-refractivity contribution >= 4 is 23.6 Å². The van der Waals surface area contributed by atoms with Gasteiger partial charge in [0.15, 0.2) is 0 Å². The van der Waals surface area contributed by atoms with E-state index in [0.29, 0.717) is 12.5 Å². The molecule has 1 heterocycles. The van der Waals surface area contributed by atoms with Crippen molar-refractivity contribution in [2.75, 3.05) is 18.6 Å². The molecule has 1 N–H and O–H groups in total. The Kier molecular flexibility index (Phi) is 3.90. The SMILES string of the molecule is CSCCCN1C(=O)C(C)NC(=O)C1(C)C1CC1. The first-order valence-electron chi connectivity index (χ1n) is 6.63. The number of rotatable bonds is 5. The summed E-state index contributed by atoms with van der Waals surface area (Å²) in [6.45, 7) is 4.40. The Morgan fingerprint density at radius 2 is 2.11 bits per heavy atom. The maximum absolute atomic E-state index is 12.3. The fourth-order valence-corrected chi connectivity index (χ4v) is 3.17. The highest BCUT2D eigenvalue weighted by atomic mass is 32.2. The van der Waals surface area contributed by atoms with Gasteiger partial charge in [-0.15, -0.1) is 0 Å². The number of hydrogen-bond donors (Lipinski definition) is 1. The average Bonchev–Trinajstić information content (AvgIpc) is 3.15. The second-order valence-corrected chi connectivity index (χ2v) is 6.44. The molecule has 1 saturated heterocycles. The van der Waals surface area contributed by atoms with Crippen molar-refractivity contribution in [1.82, 2.24) is 10.2 Å². The minimum atomic E-state index is -0.609. The van der Waals surface area contributed by atoms with Crippen molar-refractivity contribution < 1.29 is 9.59 Å². The predicted molar refractivity (Wildman–Crippen MR) is 73.4 cm³/mol. The van der Waals surface area contributed by atoms with E-state index in [1.165, 1.54) is 0 Å². The summed E-state index contributed by atoms with van der Waals surface area (Å²) in [6, 6.07) is -0.376. The molecule has 18 heavy (non-hydrogen) atoms. The van der Waals surface area contributed by atoms with E-state index in [-0.39, 0.29) is 17.9 Å². The Labute approximate surface area is 113 Å². The topological polar surface area (TPSA) is 49.4 Å². The van der Waals surface area contributed by atoms with E-state index in [1.54, 1.807) is 18.7 Å². The zero-order valence-corrected chi connectivity index (χ0v) is 12.2. The molecule has 102 valence electrons. The predicted octanol–water partition coefficient (Wildman–Crippen LogP) is 1.26. The van der Waals surface area contributed by atoms with Crippen LogP contribution >= 0.6 is 11.8 Å². The Morgan fingerprint density at radius 1 is 1.44 bits per heavy atom. The van der Waals surface area contributed by atoms with Crippen LogP contribution in [0.3, 0.4) is 0 Å². The second kappa shape index (κ2) is 5.11. The molecule has 2 aliphatic rings. The van der Waals surface area contributed by atoms with E-state index in [9.17, 15) is 9.59 Å². The van der Waals surface area contributed by atoms with Gasteiger partial charge in [0.1, 0.15) is 11.6 Å². The van der Waals surface area contributed by atoms with Gasteiger partial charge in [-0.1, -0.05) is 0 Å². The molecule has 1 aliphatic carbocycles. The first-order valence-corrected chi connectivity index (χ1v) is 8.02. The lowest BCUT2D eigenvalue weighted by atomic mass is 9.88. The fraction of sp³-hybridized carbons (Fsp3) is 0.846. The number of hydrogen-bond acceptors (Lipinski definition) is 3. The van der Waals surface area contributed by atoms with E-state index >= 15 is 0 Å². The third-order valence-electron chi connectivity index (χ3n) is 4.11. The molecule has 2 amide bonds. The lowest BCUT2D eigenvalue weighted by molar-refractivity contribution is -0.157. The standard InChI is InChI=1S/C13H22N2O2S/c1-9-11(16)15(7-4-8-18-3)13(2,10-5-6-10)12(17)14-9/h9-10H,4-8H2,1-3H3,(H,14,17). The molecular weight excluding hydrogens is 248 g/mol. The lowest BCUT2D eigenvalue weighted by Crippen LogP contribution is -2.70. The van der Waals surface area contributed by atoms with Gasteiger partial charge in [-0.3, -0.25) is 9.59 Å². The molecule has 2 unspecified atom stereocenters. The van der Waals surface area contributed by atoms with Gasteiger partial charge >= 0.3 is 0 Å². The zero-order chi connectivity index (χ0) is 13.3. The second-order valence-electron chi connectivity index (χ2n) is 5.45. The van der Waals surface area contributed by atoms with Crippen molar-refractivity contribution in [3.05, 3.63) is 0 Å². The van der Waals surface area contributed by atoms with E-state index in [1.807, 2.05) is 11.8 Å². The van der Waals surface area contributed by atoms with Crippen LogP contribution in [-0.4, -0.2) is 46.8 Å². The van der Waals surface area contributed by atoms with Crippen molar-refractivity contribution in [2.24, 2.45) is 5.92 Å². The van der Waals surface area contributed by atoms with Crippen molar-refractivity contribution in [2.45, 2.75) is 44.7 Å². The van der Waals surface area contributed by atoms with Gasteiger partial charge in [0.2, 0.25) is 11.8 Å². The van der Waals surface area contributed by atoms with Crippen molar-refractivity contribution in [3.8, 4) is 0 Å². The molecule has 0 radical (unpaired) electrons. The quantitative estimate of drug-likeness (QED) is 0.765. The maximum atomic E-state index is 12.3. The van der Waals surface area contributed by atoms with Gasteiger partial charge in [0.25, 0.3) is 0 Å². The highest BCUT2D eigenvalue weighted by Crippen LogP contribution is 2.44. The van der Waals surface area contributed by atoms with Crippen LogP contribution in [0.15, 0.2) is 0 Å². The summed E-state index contributed by atoms with van der Waals surface area (Å²) >= 11 is 1.78. The lowest BCUT2D eigenvalue weighted by Gasteiger charge is -2.46. The molecule has 4 nitrogen and oxygen atoms in total. The zero-order valence-electron chi connectivity index (χ0n) is 11.4. The summed E-state index contributed by atoms with van der Waals surface area (Å²) in [5, 5.41) is 2.83. The summed E-state index contributed by atoms with van der Waals surface area (Å²) in [6.07, 6.45) is 5.14. The first kappa shape index (κ1) is 13.7. The Hall–Kier alpha value is -0.710. The summed E-state index contributed by atoms with van der Waals surface area (Å²) in [5.41, 5.74) is -0.609. The summed E-state index contributed by atoms with van der Waals surface area (Å²) in [5.74, 6) is 1.48. The summed E-state index contributed by atoms with van der Waals surface area (Å²) in [7, 11) is 0. The normalized spacial score (nSPS) is 32.6. The number of nitrogens with one attached hydrogen (secondary N) is 1.